The van der Waals surface area contributed by atoms with Gasteiger partial charge < -0.3 is 20.1 Å². The van der Waals surface area contributed by atoms with E-state index in [0.29, 0.717) is 6.42 Å². The highest BCUT2D eigenvalue weighted by molar-refractivity contribution is 7.47. The number of nitrogens with two attached hydrogens (primary N) is 1. The Morgan fingerprint density at radius 2 is 1.04 bits per heavy atom. The molecule has 0 aliphatic heterocycles. The minimum absolute atomic E-state index is 0.0558. The third kappa shape index (κ3) is 36.3. The molecule has 0 heterocycles. The van der Waals surface area contributed by atoms with Gasteiger partial charge in [-0.3, -0.25) is 18.6 Å². The fourth-order valence-corrected chi connectivity index (χ4v) is 6.56. The predicted molar refractivity (Wildman–Crippen MR) is 201 cm³/mol. The van der Waals surface area contributed by atoms with Crippen molar-refractivity contribution in [2.24, 2.45) is 5.73 Å². The monoisotopic (exact) mass is 718 g/mol. The van der Waals surface area contributed by atoms with E-state index in [-0.39, 0.29) is 38.6 Å². The summed E-state index contributed by atoms with van der Waals surface area (Å²) in [5, 5.41) is 0. The topological polar surface area (TPSA) is 134 Å². The first-order valence-electron chi connectivity index (χ1n) is 20.1. The highest BCUT2D eigenvalue weighted by atomic mass is 31.2. The average Bonchev–Trinajstić information content (AvgIpc) is 3.08. The molecule has 0 fully saturated rings. The molecular formula is C39H76NO8P. The van der Waals surface area contributed by atoms with Gasteiger partial charge in [0, 0.05) is 19.4 Å². The van der Waals surface area contributed by atoms with Crippen LogP contribution in [-0.2, 0) is 32.7 Å². The number of hydrogen-bond acceptors (Lipinski definition) is 8. The van der Waals surface area contributed by atoms with Crippen LogP contribution in [0.2, 0.25) is 0 Å². The van der Waals surface area contributed by atoms with Crippen LogP contribution in [0.3, 0.4) is 0 Å². The minimum atomic E-state index is -4.37. The number of esters is 2. The van der Waals surface area contributed by atoms with Gasteiger partial charge in [0.25, 0.3) is 0 Å². The number of hydrogen-bond donors (Lipinski definition) is 2. The molecule has 10 heteroatoms. The van der Waals surface area contributed by atoms with Gasteiger partial charge in [-0.2, -0.15) is 0 Å². The second-order valence-electron chi connectivity index (χ2n) is 13.6. The summed E-state index contributed by atoms with van der Waals surface area (Å²) >= 11 is 0. The molecule has 0 aromatic carbocycles. The molecule has 0 rings (SSSR count). The van der Waals surface area contributed by atoms with Crippen molar-refractivity contribution in [2.45, 2.75) is 199 Å². The molecule has 0 saturated heterocycles. The SMILES string of the molecule is C=CCCCCCCCCCCCCCCCC(=O)OC[C@H](COP(=O)(O)OCCN)OC(=O)CCCCCCCCCCCCCCC. The standard InChI is InChI=1S/C39H76NO8P/c1-3-5-7-9-11-13-15-17-18-20-21-23-25-27-29-31-38(41)45-35-37(36-47-49(43,44)46-34-33-40)48-39(42)32-30-28-26-24-22-19-16-14-12-10-8-6-4-2/h3,37H,1,4-36,40H2,2H3,(H,43,44)/t37-/m1/s1. The van der Waals surface area contributed by atoms with E-state index in [2.05, 4.69) is 13.5 Å². The Kier molecular flexibility index (Phi) is 35.6. The van der Waals surface area contributed by atoms with Crippen molar-refractivity contribution < 1.29 is 37.6 Å². The number of carbonyl (C=O) groups excluding carboxylic acids is 2. The van der Waals surface area contributed by atoms with Gasteiger partial charge in [-0.25, -0.2) is 4.57 Å². The largest absolute Gasteiger partial charge is 0.472 e. The average molecular weight is 718 g/mol. The number of allylic oxidation sites excluding steroid dienone is 1. The third-order valence-electron chi connectivity index (χ3n) is 8.80. The first-order valence-corrected chi connectivity index (χ1v) is 21.6. The summed E-state index contributed by atoms with van der Waals surface area (Å²) in [6, 6.07) is 0. The molecule has 0 spiro atoms. The second-order valence-corrected chi connectivity index (χ2v) is 15.1. The second kappa shape index (κ2) is 36.5. The normalized spacial score (nSPS) is 13.2. The van der Waals surface area contributed by atoms with Gasteiger partial charge in [-0.1, -0.05) is 161 Å². The van der Waals surface area contributed by atoms with Crippen molar-refractivity contribution in [2.75, 3.05) is 26.4 Å². The molecule has 0 aliphatic carbocycles. The molecule has 49 heavy (non-hydrogen) atoms. The quantitative estimate of drug-likeness (QED) is 0.0276. The number of phosphoric acid groups is 1. The van der Waals surface area contributed by atoms with Crippen molar-refractivity contribution in [3.05, 3.63) is 12.7 Å². The highest BCUT2D eigenvalue weighted by Crippen LogP contribution is 2.43. The summed E-state index contributed by atoms with van der Waals surface area (Å²) in [7, 11) is -4.37. The van der Waals surface area contributed by atoms with Crippen LogP contribution in [0.15, 0.2) is 12.7 Å². The molecule has 0 radical (unpaired) electrons. The number of rotatable bonds is 39. The lowest BCUT2D eigenvalue weighted by molar-refractivity contribution is -0.161. The van der Waals surface area contributed by atoms with Gasteiger partial charge in [-0.15, -0.1) is 6.58 Å². The molecule has 0 amide bonds. The maximum Gasteiger partial charge on any atom is 0.472 e. The lowest BCUT2D eigenvalue weighted by Crippen LogP contribution is -2.29. The summed E-state index contributed by atoms with van der Waals surface area (Å²) in [5.41, 5.74) is 5.33. The van der Waals surface area contributed by atoms with Crippen LogP contribution < -0.4 is 5.73 Å². The Labute approximate surface area is 300 Å². The zero-order valence-corrected chi connectivity index (χ0v) is 32.4. The van der Waals surface area contributed by atoms with Gasteiger partial charge in [0.2, 0.25) is 0 Å². The molecule has 0 aromatic heterocycles. The van der Waals surface area contributed by atoms with E-state index < -0.39 is 26.5 Å². The molecule has 0 saturated carbocycles. The molecule has 3 N–H and O–H groups in total. The summed E-state index contributed by atoms with van der Waals surface area (Å²) in [4.78, 5) is 34.7. The van der Waals surface area contributed by atoms with Crippen LogP contribution in [0.5, 0.6) is 0 Å². The summed E-state index contributed by atoms with van der Waals surface area (Å²) in [5.74, 6) is -0.823. The molecule has 0 bridgehead atoms. The maximum absolute atomic E-state index is 12.5. The van der Waals surface area contributed by atoms with E-state index in [0.717, 1.165) is 38.5 Å². The molecule has 0 aromatic rings. The Balaban J connectivity index is 4.14. The summed E-state index contributed by atoms with van der Waals surface area (Å²) in [6.07, 6.45) is 34.1. The van der Waals surface area contributed by atoms with Crippen molar-refractivity contribution in [1.29, 1.82) is 0 Å². The van der Waals surface area contributed by atoms with Gasteiger partial charge in [0.05, 0.1) is 13.2 Å². The Morgan fingerprint density at radius 1 is 0.633 bits per heavy atom. The molecule has 0 aliphatic rings. The van der Waals surface area contributed by atoms with Crippen LogP contribution >= 0.6 is 7.82 Å². The molecule has 1 unspecified atom stereocenters. The first-order chi connectivity index (χ1) is 23.8. The van der Waals surface area contributed by atoms with Crippen LogP contribution in [-0.4, -0.2) is 49.3 Å². The summed E-state index contributed by atoms with van der Waals surface area (Å²) in [6.45, 7) is 5.26. The highest BCUT2D eigenvalue weighted by Gasteiger charge is 2.26. The summed E-state index contributed by atoms with van der Waals surface area (Å²) < 4.78 is 32.7. The number of phosphoric ester groups is 1. The number of unbranched alkanes of at least 4 members (excludes halogenated alkanes) is 25. The molecule has 290 valence electrons. The van der Waals surface area contributed by atoms with Crippen LogP contribution in [0.1, 0.15) is 193 Å². The van der Waals surface area contributed by atoms with E-state index in [1.54, 1.807) is 0 Å². The fraction of sp³-hybridized carbons (Fsp3) is 0.897. The molecule has 9 nitrogen and oxygen atoms in total. The van der Waals surface area contributed by atoms with E-state index in [1.165, 1.54) is 128 Å². The zero-order valence-electron chi connectivity index (χ0n) is 31.5. The predicted octanol–water partition coefficient (Wildman–Crippen LogP) is 11.1. The van der Waals surface area contributed by atoms with Crippen molar-refractivity contribution in [3.63, 3.8) is 0 Å². The molecular weight excluding hydrogens is 641 g/mol. The van der Waals surface area contributed by atoms with Crippen LogP contribution in [0.4, 0.5) is 0 Å². The Bertz CT molecular complexity index is 812. The van der Waals surface area contributed by atoms with E-state index >= 15 is 0 Å². The van der Waals surface area contributed by atoms with Crippen molar-refractivity contribution in [1.82, 2.24) is 0 Å². The number of ether oxygens (including phenoxy) is 2. The van der Waals surface area contributed by atoms with Crippen molar-refractivity contribution in [3.8, 4) is 0 Å². The van der Waals surface area contributed by atoms with Gasteiger partial charge >= 0.3 is 19.8 Å². The fourth-order valence-electron chi connectivity index (χ4n) is 5.79. The van der Waals surface area contributed by atoms with Crippen molar-refractivity contribution >= 4 is 19.8 Å². The number of carbonyl (C=O) groups is 2. The lowest BCUT2D eigenvalue weighted by atomic mass is 10.0. The van der Waals surface area contributed by atoms with E-state index in [4.69, 9.17) is 24.3 Å². The van der Waals surface area contributed by atoms with Gasteiger partial charge in [0.1, 0.15) is 6.61 Å². The van der Waals surface area contributed by atoms with Crippen LogP contribution in [0, 0.1) is 0 Å². The smallest absolute Gasteiger partial charge is 0.462 e. The maximum atomic E-state index is 12.5. The van der Waals surface area contributed by atoms with Gasteiger partial charge in [0.15, 0.2) is 6.10 Å². The van der Waals surface area contributed by atoms with E-state index in [1.807, 2.05) is 6.08 Å². The van der Waals surface area contributed by atoms with Gasteiger partial charge in [-0.05, 0) is 25.7 Å². The first kappa shape index (κ1) is 47.8. The Hall–Kier alpha value is -1.25. The minimum Gasteiger partial charge on any atom is -0.462 e. The Morgan fingerprint density at radius 3 is 1.47 bits per heavy atom. The zero-order chi connectivity index (χ0) is 36.1. The van der Waals surface area contributed by atoms with E-state index in [9.17, 15) is 19.0 Å². The third-order valence-corrected chi connectivity index (χ3v) is 9.78. The lowest BCUT2D eigenvalue weighted by Gasteiger charge is -2.19. The van der Waals surface area contributed by atoms with Crippen LogP contribution in [0.25, 0.3) is 0 Å². The molecule has 2 atom stereocenters.